The van der Waals surface area contributed by atoms with Crippen molar-refractivity contribution < 1.29 is 8.42 Å². The van der Waals surface area contributed by atoms with Gasteiger partial charge < -0.3 is 0 Å². The highest BCUT2D eigenvalue weighted by atomic mass is 32.2. The zero-order valence-electron chi connectivity index (χ0n) is 6.38. The van der Waals surface area contributed by atoms with E-state index in [9.17, 15) is 8.42 Å². The standard InChI is InChI=1S/C5H8N4O2S/c1-9(12(6,10)11)5-4-7-2-3-8-5/h2-4H,1H3,(H2,6,10,11). The summed E-state index contributed by atoms with van der Waals surface area (Å²) in [7, 11) is -2.42. The maximum Gasteiger partial charge on any atom is 0.299 e. The molecule has 1 aromatic heterocycles. The fourth-order valence-corrected chi connectivity index (χ4v) is 0.939. The lowest BCUT2D eigenvalue weighted by atomic mass is 10.7. The number of rotatable bonds is 2. The van der Waals surface area contributed by atoms with Crippen molar-refractivity contribution in [3.8, 4) is 0 Å². The molecular weight excluding hydrogens is 180 g/mol. The summed E-state index contributed by atoms with van der Waals surface area (Å²) < 4.78 is 22.4. The summed E-state index contributed by atoms with van der Waals surface area (Å²) in [6.45, 7) is 0. The van der Waals surface area contributed by atoms with Crippen molar-refractivity contribution in [1.82, 2.24) is 9.97 Å². The quantitative estimate of drug-likeness (QED) is 0.652. The molecule has 0 saturated carbocycles. The number of anilines is 1. The highest BCUT2D eigenvalue weighted by Gasteiger charge is 2.12. The molecule has 0 atom stereocenters. The molecule has 0 amide bonds. The molecule has 0 aliphatic rings. The van der Waals surface area contributed by atoms with E-state index in [1.54, 1.807) is 0 Å². The van der Waals surface area contributed by atoms with Gasteiger partial charge in [0.25, 0.3) is 10.2 Å². The SMILES string of the molecule is CN(c1cnccn1)S(N)(=O)=O. The Balaban J connectivity index is 3.02. The molecule has 2 N–H and O–H groups in total. The van der Waals surface area contributed by atoms with Crippen molar-refractivity contribution in [3.63, 3.8) is 0 Å². The monoisotopic (exact) mass is 188 g/mol. The predicted octanol–water partition coefficient (Wildman–Crippen LogP) is -0.884. The first kappa shape index (κ1) is 8.88. The third-order valence-electron chi connectivity index (χ3n) is 1.25. The number of hydrogen-bond donors (Lipinski definition) is 1. The number of nitrogens with zero attached hydrogens (tertiary/aromatic N) is 3. The highest BCUT2D eigenvalue weighted by Crippen LogP contribution is 2.06. The lowest BCUT2D eigenvalue weighted by Gasteiger charge is -2.13. The molecule has 0 fully saturated rings. The van der Waals surface area contributed by atoms with Gasteiger partial charge in [-0.25, -0.2) is 14.4 Å². The van der Waals surface area contributed by atoms with Crippen molar-refractivity contribution in [3.05, 3.63) is 18.6 Å². The van der Waals surface area contributed by atoms with Gasteiger partial charge >= 0.3 is 0 Å². The van der Waals surface area contributed by atoms with Crippen LogP contribution in [-0.4, -0.2) is 25.4 Å². The van der Waals surface area contributed by atoms with Crippen molar-refractivity contribution in [1.29, 1.82) is 0 Å². The third-order valence-corrected chi connectivity index (χ3v) is 2.20. The fourth-order valence-electron chi connectivity index (χ4n) is 0.584. The summed E-state index contributed by atoms with van der Waals surface area (Å²) in [5.74, 6) is 0.194. The van der Waals surface area contributed by atoms with Gasteiger partial charge in [0.15, 0.2) is 5.82 Å². The molecule has 1 rings (SSSR count). The molecule has 1 aromatic rings. The van der Waals surface area contributed by atoms with E-state index >= 15 is 0 Å². The summed E-state index contributed by atoms with van der Waals surface area (Å²) in [5.41, 5.74) is 0. The molecule has 0 aromatic carbocycles. The van der Waals surface area contributed by atoms with E-state index in [-0.39, 0.29) is 5.82 Å². The Kier molecular flexibility index (Phi) is 2.25. The molecule has 66 valence electrons. The largest absolute Gasteiger partial charge is 0.299 e. The molecule has 6 nitrogen and oxygen atoms in total. The maximum atomic E-state index is 10.8. The van der Waals surface area contributed by atoms with E-state index in [0.29, 0.717) is 0 Å². The Morgan fingerprint density at radius 1 is 1.50 bits per heavy atom. The van der Waals surface area contributed by atoms with Gasteiger partial charge in [0.1, 0.15) is 0 Å². The van der Waals surface area contributed by atoms with Gasteiger partial charge in [0, 0.05) is 19.4 Å². The predicted molar refractivity (Wildman–Crippen MR) is 43.5 cm³/mol. The lowest BCUT2D eigenvalue weighted by Crippen LogP contribution is -2.33. The Hall–Kier alpha value is -1.21. The zero-order valence-corrected chi connectivity index (χ0v) is 7.19. The van der Waals surface area contributed by atoms with Crippen molar-refractivity contribution in [2.75, 3.05) is 11.4 Å². The molecule has 0 radical (unpaired) electrons. The first-order valence-corrected chi connectivity index (χ1v) is 4.55. The molecule has 0 spiro atoms. The number of aromatic nitrogens is 2. The summed E-state index contributed by atoms with van der Waals surface area (Å²) in [5, 5.41) is 4.84. The Morgan fingerprint density at radius 3 is 2.58 bits per heavy atom. The Morgan fingerprint density at radius 2 is 2.17 bits per heavy atom. The minimum Gasteiger partial charge on any atom is -0.259 e. The van der Waals surface area contributed by atoms with Crippen molar-refractivity contribution in [2.45, 2.75) is 0 Å². The van der Waals surface area contributed by atoms with Crippen LogP contribution in [0.2, 0.25) is 0 Å². The summed E-state index contributed by atoms with van der Waals surface area (Å²) in [6, 6.07) is 0. The van der Waals surface area contributed by atoms with Gasteiger partial charge in [-0.05, 0) is 0 Å². The zero-order chi connectivity index (χ0) is 9.19. The van der Waals surface area contributed by atoms with Crippen LogP contribution in [0.1, 0.15) is 0 Å². The minimum absolute atomic E-state index is 0.194. The average molecular weight is 188 g/mol. The normalized spacial score (nSPS) is 11.2. The van der Waals surface area contributed by atoms with Crippen LogP contribution in [0, 0.1) is 0 Å². The Labute approximate surface area is 70.2 Å². The van der Waals surface area contributed by atoms with E-state index in [2.05, 4.69) is 9.97 Å². The van der Waals surface area contributed by atoms with Crippen molar-refractivity contribution >= 4 is 16.0 Å². The van der Waals surface area contributed by atoms with E-state index in [0.717, 1.165) is 4.31 Å². The molecule has 7 heteroatoms. The van der Waals surface area contributed by atoms with Gasteiger partial charge in [-0.15, -0.1) is 0 Å². The third kappa shape index (κ3) is 1.89. The first-order chi connectivity index (χ1) is 5.52. The number of nitrogens with two attached hydrogens (primary N) is 1. The van der Waals surface area contributed by atoms with Gasteiger partial charge in [0.2, 0.25) is 0 Å². The van der Waals surface area contributed by atoms with Crippen LogP contribution in [0.5, 0.6) is 0 Å². The average Bonchev–Trinajstić information content (AvgIpc) is 2.03. The second-order valence-corrected chi connectivity index (χ2v) is 3.65. The summed E-state index contributed by atoms with van der Waals surface area (Å²) in [6.07, 6.45) is 4.14. The van der Waals surface area contributed by atoms with Crippen LogP contribution in [0.15, 0.2) is 18.6 Å². The molecular formula is C5H8N4O2S. The van der Waals surface area contributed by atoms with Crippen LogP contribution < -0.4 is 9.44 Å². The van der Waals surface area contributed by atoms with Gasteiger partial charge in [-0.3, -0.25) is 4.98 Å². The molecule has 0 aliphatic carbocycles. The van der Waals surface area contributed by atoms with E-state index < -0.39 is 10.2 Å². The van der Waals surface area contributed by atoms with Crippen LogP contribution in [0.25, 0.3) is 0 Å². The molecule has 0 saturated heterocycles. The second-order valence-electron chi connectivity index (χ2n) is 2.08. The van der Waals surface area contributed by atoms with E-state index in [1.807, 2.05) is 0 Å². The topological polar surface area (TPSA) is 89.2 Å². The van der Waals surface area contributed by atoms with Crippen LogP contribution in [-0.2, 0) is 10.2 Å². The number of hydrogen-bond acceptors (Lipinski definition) is 4. The summed E-state index contributed by atoms with van der Waals surface area (Å²) >= 11 is 0. The summed E-state index contributed by atoms with van der Waals surface area (Å²) in [4.78, 5) is 7.44. The van der Waals surface area contributed by atoms with Gasteiger partial charge in [-0.1, -0.05) is 0 Å². The van der Waals surface area contributed by atoms with Gasteiger partial charge in [-0.2, -0.15) is 8.42 Å². The van der Waals surface area contributed by atoms with E-state index in [4.69, 9.17) is 5.14 Å². The molecule has 0 bridgehead atoms. The van der Waals surface area contributed by atoms with Crippen molar-refractivity contribution in [2.24, 2.45) is 5.14 Å². The fraction of sp³-hybridized carbons (Fsp3) is 0.200. The van der Waals surface area contributed by atoms with Gasteiger partial charge in [0.05, 0.1) is 6.20 Å². The smallest absolute Gasteiger partial charge is 0.259 e. The first-order valence-electron chi connectivity index (χ1n) is 3.04. The molecule has 0 aliphatic heterocycles. The highest BCUT2D eigenvalue weighted by molar-refractivity contribution is 7.90. The second kappa shape index (κ2) is 3.03. The molecule has 0 unspecified atom stereocenters. The minimum atomic E-state index is -3.73. The van der Waals surface area contributed by atoms with Crippen LogP contribution in [0.3, 0.4) is 0 Å². The van der Waals surface area contributed by atoms with E-state index in [1.165, 1.54) is 25.6 Å². The Bertz CT molecular complexity index is 349. The lowest BCUT2D eigenvalue weighted by molar-refractivity contribution is 0.595. The molecule has 12 heavy (non-hydrogen) atoms. The molecule has 1 heterocycles. The van der Waals surface area contributed by atoms with Crippen LogP contribution in [0.4, 0.5) is 5.82 Å². The van der Waals surface area contributed by atoms with Crippen LogP contribution >= 0.6 is 0 Å². The maximum absolute atomic E-state index is 10.8.